The number of rotatable bonds is 0. The van der Waals surface area contributed by atoms with E-state index in [1.807, 2.05) is 0 Å². The molecule has 0 aliphatic heterocycles. The largest absolute Gasteiger partial charge is 0.433 e. The van der Waals surface area contributed by atoms with E-state index in [1.54, 1.807) is 0 Å². The van der Waals surface area contributed by atoms with Gasteiger partial charge in [-0.3, -0.25) is 0 Å². The SMILES string of the molecule is OB(S)S. The van der Waals surface area contributed by atoms with Crippen LogP contribution in [0.4, 0.5) is 0 Å². The monoisotopic (exact) mass is 94.0 g/mol. The van der Waals surface area contributed by atoms with Crippen molar-refractivity contribution in [3.05, 3.63) is 0 Å². The molecule has 0 heterocycles. The van der Waals surface area contributed by atoms with Gasteiger partial charge in [0, 0.05) is 0 Å². The Labute approximate surface area is 36.1 Å². The van der Waals surface area contributed by atoms with Crippen molar-refractivity contribution >= 4 is 30.4 Å². The summed E-state index contributed by atoms with van der Waals surface area (Å²) < 4.78 is 0. The van der Waals surface area contributed by atoms with Gasteiger partial charge in [-0.1, -0.05) is 0 Å². The Hall–Kier alpha value is 0.725. The van der Waals surface area contributed by atoms with Crippen molar-refractivity contribution < 1.29 is 5.02 Å². The molecule has 0 aromatic heterocycles. The minimum Gasteiger partial charge on any atom is -0.433 e. The van der Waals surface area contributed by atoms with E-state index < -0.39 is 5.47 Å². The highest BCUT2D eigenvalue weighted by atomic mass is 32.2. The van der Waals surface area contributed by atoms with Crippen molar-refractivity contribution in [2.75, 3.05) is 0 Å². The molecule has 0 saturated carbocycles. The van der Waals surface area contributed by atoms with E-state index in [2.05, 4.69) is 25.0 Å². The smallest absolute Gasteiger partial charge is 0.423 e. The molecule has 0 unspecified atom stereocenters. The Morgan fingerprint density at radius 2 is 1.50 bits per heavy atom. The van der Waals surface area contributed by atoms with Gasteiger partial charge in [-0.05, 0) is 0 Å². The summed E-state index contributed by atoms with van der Waals surface area (Å²) in [7, 11) is 0. The van der Waals surface area contributed by atoms with Crippen molar-refractivity contribution in [2.45, 2.75) is 0 Å². The highest BCUT2D eigenvalue weighted by Gasteiger charge is 1.85. The lowest BCUT2D eigenvalue weighted by atomic mass is 10.5. The first-order valence-electron chi connectivity index (χ1n) is 0.775. The number of hydrogen-bond acceptors (Lipinski definition) is 3. The predicted octanol–water partition coefficient (Wildman–Crippen LogP) is -0.177. The zero-order valence-corrected chi connectivity index (χ0v) is 3.71. The quantitative estimate of drug-likeness (QED) is 0.281. The van der Waals surface area contributed by atoms with Gasteiger partial charge in [0.2, 0.25) is 0 Å². The summed E-state index contributed by atoms with van der Waals surface area (Å²) in [5, 5.41) is 7.78. The second-order valence-corrected chi connectivity index (χ2v) is 1.73. The van der Waals surface area contributed by atoms with Crippen molar-refractivity contribution in [3.63, 3.8) is 0 Å². The fourth-order valence-corrected chi connectivity index (χ4v) is 0. The zero-order valence-electron chi connectivity index (χ0n) is 1.92. The van der Waals surface area contributed by atoms with Crippen LogP contribution in [0.3, 0.4) is 0 Å². The lowest BCUT2D eigenvalue weighted by molar-refractivity contribution is 0.618. The molecule has 4 heteroatoms. The molecule has 0 spiro atoms. The summed E-state index contributed by atoms with van der Waals surface area (Å²) in [4.78, 5) is 0. The summed E-state index contributed by atoms with van der Waals surface area (Å²) in [5.41, 5.74) is -0.778. The van der Waals surface area contributed by atoms with E-state index in [4.69, 9.17) is 5.02 Å². The van der Waals surface area contributed by atoms with Crippen LogP contribution in [0, 0.1) is 0 Å². The van der Waals surface area contributed by atoms with E-state index in [0.717, 1.165) is 0 Å². The third kappa shape index (κ3) is 15.4. The average Bonchev–Trinajstić information content (AvgIpc) is 0.811. The predicted molar refractivity (Wildman–Crippen MR) is 25.9 cm³/mol. The second-order valence-electron chi connectivity index (χ2n) is 0.346. The van der Waals surface area contributed by atoms with Gasteiger partial charge in [0.15, 0.2) is 0 Å². The van der Waals surface area contributed by atoms with Gasteiger partial charge in [-0.15, -0.1) is 0 Å². The normalized spacial score (nSPS) is 6.75. The van der Waals surface area contributed by atoms with E-state index in [0.29, 0.717) is 0 Å². The minimum absolute atomic E-state index is 0.778. The molecule has 0 aromatic rings. The van der Waals surface area contributed by atoms with Crippen molar-refractivity contribution in [3.8, 4) is 0 Å². The van der Waals surface area contributed by atoms with Crippen LogP contribution in [-0.4, -0.2) is 10.5 Å². The first kappa shape index (κ1) is 4.72. The Morgan fingerprint density at radius 3 is 1.50 bits per heavy atom. The first-order valence-corrected chi connectivity index (χ1v) is 1.81. The van der Waals surface area contributed by atoms with Gasteiger partial charge in [0.25, 0.3) is 0 Å². The van der Waals surface area contributed by atoms with Gasteiger partial charge < -0.3 is 5.02 Å². The molecule has 0 saturated heterocycles. The summed E-state index contributed by atoms with van der Waals surface area (Å²) in [5.74, 6) is 0. The maximum atomic E-state index is 7.78. The Morgan fingerprint density at radius 1 is 1.50 bits per heavy atom. The topological polar surface area (TPSA) is 20.2 Å². The fourth-order valence-electron chi connectivity index (χ4n) is 0. The molecule has 0 aliphatic carbocycles. The summed E-state index contributed by atoms with van der Waals surface area (Å²) >= 11 is 6.77. The maximum absolute atomic E-state index is 7.78. The minimum atomic E-state index is -0.778. The van der Waals surface area contributed by atoms with Crippen LogP contribution in [-0.2, 0) is 0 Å². The zero-order chi connectivity index (χ0) is 3.58. The first-order chi connectivity index (χ1) is 1.73. The molecule has 0 atom stereocenters. The fraction of sp³-hybridized carbons (Fsp3) is 0. The molecule has 1 nitrogen and oxygen atoms in total. The van der Waals surface area contributed by atoms with E-state index in [9.17, 15) is 0 Å². The van der Waals surface area contributed by atoms with Gasteiger partial charge in [0.05, 0.1) is 0 Å². The van der Waals surface area contributed by atoms with Gasteiger partial charge >= 0.3 is 5.47 Å². The highest BCUT2D eigenvalue weighted by molar-refractivity contribution is 8.39. The average molecular weight is 94.0 g/mol. The van der Waals surface area contributed by atoms with Crippen LogP contribution < -0.4 is 0 Å². The summed E-state index contributed by atoms with van der Waals surface area (Å²) in [6, 6.07) is 0. The maximum Gasteiger partial charge on any atom is 0.423 e. The Bertz CT molecular complexity index is 10.8. The molecule has 1 N–H and O–H groups in total. The molecular weight excluding hydrogens is 90.9 g/mol. The van der Waals surface area contributed by atoms with Crippen LogP contribution >= 0.6 is 25.0 Å². The van der Waals surface area contributed by atoms with Crippen molar-refractivity contribution in [2.24, 2.45) is 0 Å². The third-order valence-corrected chi connectivity index (χ3v) is 0. The van der Waals surface area contributed by atoms with Crippen LogP contribution in [0.2, 0.25) is 0 Å². The molecule has 0 radical (unpaired) electrons. The number of hydrogen-bond donors (Lipinski definition) is 3. The van der Waals surface area contributed by atoms with E-state index in [-0.39, 0.29) is 0 Å². The molecule has 24 valence electrons. The highest BCUT2D eigenvalue weighted by Crippen LogP contribution is 1.81. The van der Waals surface area contributed by atoms with Crippen LogP contribution in [0.5, 0.6) is 0 Å². The third-order valence-electron chi connectivity index (χ3n) is 0. The van der Waals surface area contributed by atoms with Crippen LogP contribution in [0.1, 0.15) is 0 Å². The van der Waals surface area contributed by atoms with E-state index >= 15 is 0 Å². The second kappa shape index (κ2) is 1.99. The van der Waals surface area contributed by atoms with Gasteiger partial charge in [-0.25, -0.2) is 0 Å². The van der Waals surface area contributed by atoms with Crippen LogP contribution in [0.15, 0.2) is 0 Å². The molecule has 0 rings (SSSR count). The molecule has 0 aromatic carbocycles. The molecule has 0 aliphatic rings. The van der Waals surface area contributed by atoms with E-state index in [1.165, 1.54) is 0 Å². The lowest BCUT2D eigenvalue weighted by Crippen LogP contribution is -1.83. The number of thiol groups is 2. The standard InChI is InChI=1S/BH3OS2/c2-1(3)4/h2-4H. The lowest BCUT2D eigenvalue weighted by Gasteiger charge is -1.69. The van der Waals surface area contributed by atoms with Gasteiger partial charge in [0.1, 0.15) is 0 Å². The Balaban J connectivity index is 2.32. The summed E-state index contributed by atoms with van der Waals surface area (Å²) in [6.07, 6.45) is 0. The van der Waals surface area contributed by atoms with Crippen LogP contribution in [0.25, 0.3) is 0 Å². The molecule has 0 fully saturated rings. The molecular formula is H3BOS2. The van der Waals surface area contributed by atoms with Crippen molar-refractivity contribution in [1.82, 2.24) is 0 Å². The summed E-state index contributed by atoms with van der Waals surface area (Å²) in [6.45, 7) is 0. The Kier molecular flexibility index (Phi) is 2.35. The van der Waals surface area contributed by atoms with Crippen molar-refractivity contribution in [1.29, 1.82) is 0 Å². The molecule has 0 amide bonds. The van der Waals surface area contributed by atoms with Gasteiger partial charge in [-0.2, -0.15) is 25.0 Å². The molecule has 4 heavy (non-hydrogen) atoms. The molecule has 0 bridgehead atoms.